The number of nitrogens with one attached hydrogen (secondary N) is 1. The van der Waals surface area contributed by atoms with E-state index in [0.717, 1.165) is 43.9 Å². The van der Waals surface area contributed by atoms with Gasteiger partial charge in [-0.05, 0) is 25.0 Å². The summed E-state index contributed by atoms with van der Waals surface area (Å²) >= 11 is 0. The molecule has 14 heavy (non-hydrogen) atoms. The molecule has 0 fully saturated rings. The van der Waals surface area contributed by atoms with E-state index in [4.69, 9.17) is 0 Å². The number of amidine groups is 1. The van der Waals surface area contributed by atoms with Crippen LogP contribution in [0, 0.1) is 0 Å². The molecule has 1 aromatic rings. The Hall–Kier alpha value is -1.38. The number of rotatable bonds is 3. The van der Waals surface area contributed by atoms with Crippen molar-refractivity contribution in [1.29, 1.82) is 0 Å². The molecule has 0 saturated heterocycles. The van der Waals surface area contributed by atoms with E-state index in [1.807, 2.05) is 18.3 Å². The molecular formula is C11H15N3. The van der Waals surface area contributed by atoms with Crippen molar-refractivity contribution < 1.29 is 0 Å². The van der Waals surface area contributed by atoms with Crippen LogP contribution in [-0.4, -0.2) is 23.9 Å². The Morgan fingerprint density at radius 2 is 2.29 bits per heavy atom. The molecule has 0 atom stereocenters. The Morgan fingerprint density at radius 1 is 1.29 bits per heavy atom. The van der Waals surface area contributed by atoms with Crippen molar-refractivity contribution >= 4 is 5.84 Å². The third-order valence-electron chi connectivity index (χ3n) is 2.31. The Bertz CT molecular complexity index is 306. The normalized spacial score (nSPS) is 15.9. The van der Waals surface area contributed by atoms with Crippen LogP contribution in [-0.2, 0) is 6.42 Å². The maximum atomic E-state index is 4.42. The molecule has 3 nitrogen and oxygen atoms in total. The van der Waals surface area contributed by atoms with E-state index in [2.05, 4.69) is 21.4 Å². The van der Waals surface area contributed by atoms with Crippen LogP contribution in [0.4, 0.5) is 0 Å². The Kier molecular flexibility index (Phi) is 3.11. The average Bonchev–Trinajstić information content (AvgIpc) is 2.29. The second-order valence-corrected chi connectivity index (χ2v) is 3.43. The van der Waals surface area contributed by atoms with Gasteiger partial charge in [0.05, 0.1) is 5.84 Å². The molecule has 0 spiro atoms. The van der Waals surface area contributed by atoms with Gasteiger partial charge in [0.25, 0.3) is 0 Å². The highest BCUT2D eigenvalue weighted by atomic mass is 15.0. The first-order valence-corrected chi connectivity index (χ1v) is 5.12. The van der Waals surface area contributed by atoms with Crippen LogP contribution >= 0.6 is 0 Å². The Labute approximate surface area is 84.3 Å². The highest BCUT2D eigenvalue weighted by molar-refractivity contribution is 5.82. The van der Waals surface area contributed by atoms with Gasteiger partial charge >= 0.3 is 0 Å². The van der Waals surface area contributed by atoms with Crippen molar-refractivity contribution in [1.82, 2.24) is 10.3 Å². The molecule has 0 amide bonds. The number of aryl methyl sites for hydroxylation is 1. The smallest absolute Gasteiger partial charge is 0.0966 e. The van der Waals surface area contributed by atoms with E-state index in [9.17, 15) is 0 Å². The number of aromatic nitrogens is 1. The monoisotopic (exact) mass is 189 g/mol. The molecule has 1 aromatic heterocycles. The quantitative estimate of drug-likeness (QED) is 0.780. The van der Waals surface area contributed by atoms with Crippen molar-refractivity contribution in [3.8, 4) is 0 Å². The minimum atomic E-state index is 0.977. The van der Waals surface area contributed by atoms with Gasteiger partial charge in [-0.3, -0.25) is 9.98 Å². The second kappa shape index (κ2) is 4.74. The zero-order valence-corrected chi connectivity index (χ0v) is 8.24. The zero-order chi connectivity index (χ0) is 9.64. The lowest BCUT2D eigenvalue weighted by Gasteiger charge is -2.13. The second-order valence-electron chi connectivity index (χ2n) is 3.43. The fourth-order valence-electron chi connectivity index (χ4n) is 1.54. The van der Waals surface area contributed by atoms with E-state index < -0.39 is 0 Å². The molecule has 3 heteroatoms. The van der Waals surface area contributed by atoms with Crippen LogP contribution in [0.25, 0.3) is 0 Å². The molecule has 1 aliphatic heterocycles. The largest absolute Gasteiger partial charge is 0.374 e. The van der Waals surface area contributed by atoms with E-state index in [1.54, 1.807) is 0 Å². The van der Waals surface area contributed by atoms with E-state index in [1.165, 1.54) is 0 Å². The highest BCUT2D eigenvalue weighted by Gasteiger charge is 2.03. The molecular weight excluding hydrogens is 174 g/mol. The zero-order valence-electron chi connectivity index (χ0n) is 8.24. The first-order chi connectivity index (χ1) is 6.95. The summed E-state index contributed by atoms with van der Waals surface area (Å²) in [5.74, 6) is 1.14. The lowest BCUT2D eigenvalue weighted by atomic mass is 10.2. The number of nitrogens with zero attached hydrogens (tertiary/aromatic N) is 2. The van der Waals surface area contributed by atoms with Gasteiger partial charge in [0.1, 0.15) is 0 Å². The maximum absolute atomic E-state index is 4.42. The molecule has 0 saturated carbocycles. The van der Waals surface area contributed by atoms with Gasteiger partial charge in [-0.2, -0.15) is 0 Å². The van der Waals surface area contributed by atoms with Gasteiger partial charge in [-0.15, -0.1) is 0 Å². The molecule has 0 aliphatic carbocycles. The summed E-state index contributed by atoms with van der Waals surface area (Å²) in [7, 11) is 0. The number of hydrogen-bond donors (Lipinski definition) is 1. The Balaban J connectivity index is 1.85. The molecule has 74 valence electrons. The van der Waals surface area contributed by atoms with Crippen molar-refractivity contribution in [3.05, 3.63) is 30.1 Å². The topological polar surface area (TPSA) is 37.3 Å². The molecule has 0 bridgehead atoms. The molecule has 2 rings (SSSR count). The van der Waals surface area contributed by atoms with Crippen LogP contribution in [0.15, 0.2) is 29.4 Å². The number of aliphatic imine (C=N–C) groups is 1. The van der Waals surface area contributed by atoms with Crippen LogP contribution in [0.2, 0.25) is 0 Å². The van der Waals surface area contributed by atoms with Gasteiger partial charge in [0.2, 0.25) is 0 Å². The summed E-state index contributed by atoms with van der Waals surface area (Å²) in [5.41, 5.74) is 1.14. The highest BCUT2D eigenvalue weighted by Crippen LogP contribution is 2.01. The summed E-state index contributed by atoms with van der Waals surface area (Å²) in [5, 5.41) is 3.31. The number of hydrogen-bond acceptors (Lipinski definition) is 3. The number of pyridine rings is 1. The maximum Gasteiger partial charge on any atom is 0.0966 e. The first-order valence-electron chi connectivity index (χ1n) is 5.12. The van der Waals surface area contributed by atoms with Crippen molar-refractivity contribution in [2.45, 2.75) is 19.3 Å². The Morgan fingerprint density at radius 3 is 3.00 bits per heavy atom. The van der Waals surface area contributed by atoms with Crippen molar-refractivity contribution in [2.24, 2.45) is 4.99 Å². The fourth-order valence-corrected chi connectivity index (χ4v) is 1.54. The van der Waals surface area contributed by atoms with Gasteiger partial charge in [0, 0.05) is 31.4 Å². The lowest BCUT2D eigenvalue weighted by molar-refractivity contribution is 0.721. The third kappa shape index (κ3) is 2.55. The molecule has 1 N–H and O–H groups in total. The van der Waals surface area contributed by atoms with Crippen LogP contribution in [0.3, 0.4) is 0 Å². The van der Waals surface area contributed by atoms with Gasteiger partial charge in [-0.25, -0.2) is 0 Å². The standard InChI is InChI=1S/C11H15N3/c1-2-7-12-10(4-1)5-6-11-13-8-3-9-14-11/h1-2,4,7H,3,5-6,8-9H2,(H,13,14). The third-order valence-corrected chi connectivity index (χ3v) is 2.31. The van der Waals surface area contributed by atoms with Crippen LogP contribution in [0.1, 0.15) is 18.5 Å². The van der Waals surface area contributed by atoms with Crippen LogP contribution in [0.5, 0.6) is 0 Å². The molecule has 0 radical (unpaired) electrons. The van der Waals surface area contributed by atoms with Gasteiger partial charge in [0.15, 0.2) is 0 Å². The molecule has 1 aliphatic rings. The first kappa shape index (κ1) is 9.19. The predicted octanol–water partition coefficient (Wildman–Crippen LogP) is 1.41. The summed E-state index contributed by atoms with van der Waals surface area (Å²) in [4.78, 5) is 8.70. The van der Waals surface area contributed by atoms with E-state index >= 15 is 0 Å². The van der Waals surface area contributed by atoms with Crippen LogP contribution < -0.4 is 5.32 Å². The van der Waals surface area contributed by atoms with Gasteiger partial charge in [-0.1, -0.05) is 6.07 Å². The minimum absolute atomic E-state index is 0.977. The SMILES string of the molecule is c1ccc(CCC2=NCCCN2)nc1. The summed E-state index contributed by atoms with van der Waals surface area (Å²) < 4.78 is 0. The fraction of sp³-hybridized carbons (Fsp3) is 0.455. The lowest BCUT2D eigenvalue weighted by Crippen LogP contribution is -2.29. The minimum Gasteiger partial charge on any atom is -0.374 e. The van der Waals surface area contributed by atoms with E-state index in [0.29, 0.717) is 0 Å². The van der Waals surface area contributed by atoms with Crippen molar-refractivity contribution in [2.75, 3.05) is 13.1 Å². The average molecular weight is 189 g/mol. The molecule has 0 aromatic carbocycles. The molecule has 2 heterocycles. The summed E-state index contributed by atoms with van der Waals surface area (Å²) in [6.07, 6.45) is 4.96. The summed E-state index contributed by atoms with van der Waals surface area (Å²) in [6.45, 7) is 2.05. The van der Waals surface area contributed by atoms with Gasteiger partial charge < -0.3 is 5.32 Å². The van der Waals surface area contributed by atoms with E-state index in [-0.39, 0.29) is 0 Å². The van der Waals surface area contributed by atoms with Crippen molar-refractivity contribution in [3.63, 3.8) is 0 Å². The predicted molar refractivity (Wildman–Crippen MR) is 57.5 cm³/mol. The molecule has 0 unspecified atom stereocenters. The summed E-state index contributed by atoms with van der Waals surface area (Å²) in [6, 6.07) is 6.03.